The van der Waals surface area contributed by atoms with Crippen molar-refractivity contribution in [1.29, 1.82) is 0 Å². The highest BCUT2D eigenvalue weighted by molar-refractivity contribution is 6.46. The number of nitrogens with zero attached hydrogens (tertiary/aromatic N) is 1. The number of carbonyl (C=O) groups excluding carboxylic acids is 2. The molecule has 1 atom stereocenters. The number of hydrogen-bond acceptors (Lipinski definition) is 4. The first-order chi connectivity index (χ1) is 12.9. The zero-order valence-corrected chi connectivity index (χ0v) is 14.1. The van der Waals surface area contributed by atoms with E-state index in [1.54, 1.807) is 30.3 Å². The lowest BCUT2D eigenvalue weighted by molar-refractivity contribution is -0.142. The fourth-order valence-electron chi connectivity index (χ4n) is 3.07. The molecule has 3 rings (SSSR count). The van der Waals surface area contributed by atoms with Crippen molar-refractivity contribution in [3.05, 3.63) is 77.1 Å². The van der Waals surface area contributed by atoms with E-state index in [0.29, 0.717) is 11.1 Å². The fourth-order valence-corrected chi connectivity index (χ4v) is 3.07. The Bertz CT molecular complexity index is 921. The Labute approximate surface area is 154 Å². The number of likely N-dealkylation sites (tertiary alicyclic amines) is 1. The standard InChI is InChI=1S/C20H16FNO5/c21-14-8-6-12(7-9-14)17-16(18(25)13-4-2-1-3-5-13)19(26)20(27)22(17)11-10-15(23)24/h1-9,17,25H,10-11H2,(H,23,24)/b18-16+. The predicted molar refractivity (Wildman–Crippen MR) is 94.1 cm³/mol. The van der Waals surface area contributed by atoms with Crippen molar-refractivity contribution >= 4 is 23.4 Å². The van der Waals surface area contributed by atoms with Crippen LogP contribution in [-0.2, 0) is 14.4 Å². The summed E-state index contributed by atoms with van der Waals surface area (Å²) in [6.07, 6.45) is -0.365. The largest absolute Gasteiger partial charge is 0.507 e. The molecule has 1 unspecified atom stereocenters. The number of carbonyl (C=O) groups is 3. The number of halogens is 1. The van der Waals surface area contributed by atoms with Crippen LogP contribution in [0.25, 0.3) is 5.76 Å². The monoisotopic (exact) mass is 369 g/mol. The van der Waals surface area contributed by atoms with Gasteiger partial charge in [-0.1, -0.05) is 42.5 Å². The minimum Gasteiger partial charge on any atom is -0.507 e. The fraction of sp³-hybridized carbons (Fsp3) is 0.150. The molecule has 1 amide bonds. The summed E-state index contributed by atoms with van der Waals surface area (Å²) >= 11 is 0. The number of aliphatic hydroxyl groups is 1. The van der Waals surface area contributed by atoms with Crippen LogP contribution < -0.4 is 0 Å². The van der Waals surface area contributed by atoms with E-state index in [-0.39, 0.29) is 24.3 Å². The summed E-state index contributed by atoms with van der Waals surface area (Å²) in [5.74, 6) is -3.79. The molecule has 1 heterocycles. The molecule has 27 heavy (non-hydrogen) atoms. The molecule has 0 aliphatic carbocycles. The molecule has 1 saturated heterocycles. The second-order valence-electron chi connectivity index (χ2n) is 6.05. The molecule has 0 bridgehead atoms. The Morgan fingerprint density at radius 1 is 1.00 bits per heavy atom. The molecule has 0 saturated carbocycles. The Morgan fingerprint density at radius 2 is 1.63 bits per heavy atom. The van der Waals surface area contributed by atoms with Crippen molar-refractivity contribution in [2.24, 2.45) is 0 Å². The van der Waals surface area contributed by atoms with E-state index in [4.69, 9.17) is 5.11 Å². The van der Waals surface area contributed by atoms with Gasteiger partial charge in [0.1, 0.15) is 11.6 Å². The lowest BCUT2D eigenvalue weighted by Gasteiger charge is -2.24. The molecule has 7 heteroatoms. The molecule has 138 valence electrons. The molecule has 0 spiro atoms. The Hall–Kier alpha value is -3.48. The molecule has 6 nitrogen and oxygen atoms in total. The van der Waals surface area contributed by atoms with E-state index < -0.39 is 29.5 Å². The first-order valence-corrected chi connectivity index (χ1v) is 8.21. The number of benzene rings is 2. The van der Waals surface area contributed by atoms with Crippen molar-refractivity contribution in [3.8, 4) is 0 Å². The van der Waals surface area contributed by atoms with Crippen LogP contribution in [0.1, 0.15) is 23.6 Å². The summed E-state index contributed by atoms with van der Waals surface area (Å²) in [6.45, 7) is -0.215. The Morgan fingerprint density at radius 3 is 2.22 bits per heavy atom. The lowest BCUT2D eigenvalue weighted by Crippen LogP contribution is -2.31. The van der Waals surface area contributed by atoms with Crippen molar-refractivity contribution in [3.63, 3.8) is 0 Å². The zero-order valence-electron chi connectivity index (χ0n) is 14.1. The maximum atomic E-state index is 13.3. The van der Waals surface area contributed by atoms with E-state index in [9.17, 15) is 23.9 Å². The lowest BCUT2D eigenvalue weighted by atomic mass is 9.95. The van der Waals surface area contributed by atoms with E-state index >= 15 is 0 Å². The molecular formula is C20H16FNO5. The first-order valence-electron chi connectivity index (χ1n) is 8.21. The van der Waals surface area contributed by atoms with Gasteiger partial charge in [-0.25, -0.2) is 4.39 Å². The molecule has 1 aliphatic rings. The highest BCUT2D eigenvalue weighted by Crippen LogP contribution is 2.39. The summed E-state index contributed by atoms with van der Waals surface area (Å²) < 4.78 is 13.3. The van der Waals surface area contributed by atoms with Crippen LogP contribution in [0, 0.1) is 5.82 Å². The molecule has 1 fully saturated rings. The van der Waals surface area contributed by atoms with Gasteiger partial charge in [0.25, 0.3) is 11.7 Å². The van der Waals surface area contributed by atoms with Gasteiger partial charge in [0.15, 0.2) is 0 Å². The van der Waals surface area contributed by atoms with Gasteiger partial charge in [-0.3, -0.25) is 14.4 Å². The Kier molecular flexibility index (Phi) is 5.03. The van der Waals surface area contributed by atoms with Gasteiger partial charge in [-0.2, -0.15) is 0 Å². The number of aliphatic carboxylic acids is 1. The first kappa shape index (κ1) is 18.3. The third-order valence-electron chi connectivity index (χ3n) is 4.34. The van der Waals surface area contributed by atoms with Crippen LogP contribution in [0.4, 0.5) is 4.39 Å². The number of Topliss-reactive ketones (excluding diaryl/α,β-unsaturated/α-hetero) is 1. The van der Waals surface area contributed by atoms with Gasteiger partial charge in [-0.15, -0.1) is 0 Å². The zero-order chi connectivity index (χ0) is 19.6. The molecule has 2 N–H and O–H groups in total. The van der Waals surface area contributed by atoms with Crippen molar-refractivity contribution < 1.29 is 29.0 Å². The molecule has 0 aromatic heterocycles. The smallest absolute Gasteiger partial charge is 0.305 e. The number of hydrogen-bond donors (Lipinski definition) is 2. The average molecular weight is 369 g/mol. The van der Waals surface area contributed by atoms with Crippen LogP contribution in [-0.4, -0.2) is 39.3 Å². The number of ketones is 1. The van der Waals surface area contributed by atoms with Gasteiger partial charge in [-0.05, 0) is 17.7 Å². The van der Waals surface area contributed by atoms with Crippen LogP contribution >= 0.6 is 0 Å². The van der Waals surface area contributed by atoms with Crippen LogP contribution in [0.15, 0.2) is 60.2 Å². The van der Waals surface area contributed by atoms with Crippen LogP contribution in [0.3, 0.4) is 0 Å². The van der Waals surface area contributed by atoms with Gasteiger partial charge in [0.05, 0.1) is 18.0 Å². The molecule has 2 aromatic rings. The molecular weight excluding hydrogens is 353 g/mol. The van der Waals surface area contributed by atoms with Crippen molar-refractivity contribution in [1.82, 2.24) is 4.90 Å². The second-order valence-corrected chi connectivity index (χ2v) is 6.05. The molecule has 2 aromatic carbocycles. The van der Waals surface area contributed by atoms with E-state index in [0.717, 1.165) is 4.90 Å². The third kappa shape index (κ3) is 3.57. The normalized spacial score (nSPS) is 18.7. The quantitative estimate of drug-likeness (QED) is 0.480. The van der Waals surface area contributed by atoms with E-state index in [1.807, 2.05) is 0 Å². The number of aliphatic hydroxyl groups excluding tert-OH is 1. The number of amides is 1. The highest BCUT2D eigenvalue weighted by Gasteiger charge is 2.46. The summed E-state index contributed by atoms with van der Waals surface area (Å²) in [5.41, 5.74) is 0.600. The van der Waals surface area contributed by atoms with Crippen molar-refractivity contribution in [2.75, 3.05) is 6.54 Å². The molecule has 0 radical (unpaired) electrons. The van der Waals surface area contributed by atoms with Gasteiger partial charge < -0.3 is 15.1 Å². The summed E-state index contributed by atoms with van der Waals surface area (Å²) in [5, 5.41) is 19.6. The minimum atomic E-state index is -1.13. The third-order valence-corrected chi connectivity index (χ3v) is 4.34. The predicted octanol–water partition coefficient (Wildman–Crippen LogP) is 2.72. The highest BCUT2D eigenvalue weighted by atomic mass is 19.1. The van der Waals surface area contributed by atoms with E-state index in [2.05, 4.69) is 0 Å². The average Bonchev–Trinajstić information content (AvgIpc) is 2.91. The van der Waals surface area contributed by atoms with Gasteiger partial charge >= 0.3 is 5.97 Å². The summed E-state index contributed by atoms with van der Waals surface area (Å²) in [4.78, 5) is 37.1. The van der Waals surface area contributed by atoms with E-state index in [1.165, 1.54) is 24.3 Å². The SMILES string of the molecule is O=C(O)CCN1C(=O)C(=O)/C(=C(/O)c2ccccc2)C1c1ccc(F)cc1. The van der Waals surface area contributed by atoms with Crippen molar-refractivity contribution in [2.45, 2.75) is 12.5 Å². The van der Waals surface area contributed by atoms with Gasteiger partial charge in [0.2, 0.25) is 0 Å². The topological polar surface area (TPSA) is 94.9 Å². The van der Waals surface area contributed by atoms with Crippen LogP contribution in [0.5, 0.6) is 0 Å². The number of rotatable bonds is 5. The minimum absolute atomic E-state index is 0.150. The second kappa shape index (κ2) is 7.41. The number of carboxylic acids is 1. The maximum absolute atomic E-state index is 13.3. The maximum Gasteiger partial charge on any atom is 0.305 e. The summed E-state index contributed by atoms with van der Waals surface area (Å²) in [6, 6.07) is 12.4. The van der Waals surface area contributed by atoms with Crippen LogP contribution in [0.2, 0.25) is 0 Å². The number of carboxylic acid groups (broad SMARTS) is 1. The van der Waals surface area contributed by atoms with Gasteiger partial charge in [0, 0.05) is 12.1 Å². The molecule has 1 aliphatic heterocycles. The summed E-state index contributed by atoms with van der Waals surface area (Å²) in [7, 11) is 0. The Balaban J connectivity index is 2.14.